The second-order valence-electron chi connectivity index (χ2n) is 7.12. The second kappa shape index (κ2) is 8.15. The summed E-state index contributed by atoms with van der Waals surface area (Å²) < 4.78 is 1.76. The lowest BCUT2D eigenvalue weighted by Crippen LogP contribution is -2.49. The summed E-state index contributed by atoms with van der Waals surface area (Å²) in [6.45, 7) is 1.67. The molecule has 0 aliphatic carbocycles. The average Bonchev–Trinajstić information content (AvgIpc) is 3.26. The van der Waals surface area contributed by atoms with Crippen LogP contribution in [0.25, 0.3) is 5.65 Å². The highest BCUT2D eigenvalue weighted by molar-refractivity contribution is 7.99. The third-order valence-electron chi connectivity index (χ3n) is 4.87. The summed E-state index contributed by atoms with van der Waals surface area (Å²) in [5.74, 6) is -0.980. The van der Waals surface area contributed by atoms with Gasteiger partial charge in [0.2, 0.25) is 5.91 Å². The van der Waals surface area contributed by atoms with Crippen molar-refractivity contribution in [2.45, 2.75) is 30.5 Å². The first-order chi connectivity index (χ1) is 14.5. The normalized spacial score (nSPS) is 18.6. The molecule has 3 aromatic rings. The average molecular weight is 424 g/mol. The number of nitrogens with zero attached hydrogens (tertiary/aromatic N) is 4. The van der Waals surface area contributed by atoms with Crippen molar-refractivity contribution in [2.75, 3.05) is 5.75 Å². The van der Waals surface area contributed by atoms with E-state index in [1.807, 2.05) is 42.5 Å². The van der Waals surface area contributed by atoms with E-state index in [0.29, 0.717) is 23.6 Å². The molecule has 1 aliphatic rings. The fourth-order valence-corrected chi connectivity index (χ4v) is 3.92. The number of imide groups is 1. The van der Waals surface area contributed by atoms with Crippen molar-refractivity contribution in [3.8, 4) is 0 Å². The number of hydrazine groups is 1. The predicted molar refractivity (Wildman–Crippen MR) is 110 cm³/mol. The maximum absolute atomic E-state index is 12.8. The number of nitrogens with one attached hydrogen (secondary N) is 2. The molecule has 10 heteroatoms. The van der Waals surface area contributed by atoms with E-state index in [0.717, 1.165) is 10.6 Å². The Labute approximate surface area is 176 Å². The van der Waals surface area contributed by atoms with Crippen LogP contribution in [0.3, 0.4) is 0 Å². The molecule has 9 nitrogen and oxygen atoms in total. The molecular formula is C20H20N6O3S. The number of carbonyl (C=O) groups excluding carboxylic acids is 3. The molecule has 4 rings (SSSR count). The highest BCUT2D eigenvalue weighted by Gasteiger charge is 2.48. The number of amides is 4. The van der Waals surface area contributed by atoms with Gasteiger partial charge in [0.15, 0.2) is 10.8 Å². The molecule has 0 radical (unpaired) electrons. The summed E-state index contributed by atoms with van der Waals surface area (Å²) >= 11 is 1.17. The van der Waals surface area contributed by atoms with Gasteiger partial charge in [-0.15, -0.1) is 10.2 Å². The molecule has 0 unspecified atom stereocenters. The maximum Gasteiger partial charge on any atom is 0.344 e. The molecule has 1 saturated heterocycles. The van der Waals surface area contributed by atoms with Crippen LogP contribution in [-0.2, 0) is 16.0 Å². The van der Waals surface area contributed by atoms with Crippen LogP contribution in [0.2, 0.25) is 0 Å². The molecular weight excluding hydrogens is 404 g/mol. The number of urea groups is 1. The van der Waals surface area contributed by atoms with Gasteiger partial charge in [0.25, 0.3) is 5.91 Å². The third-order valence-corrected chi connectivity index (χ3v) is 5.81. The van der Waals surface area contributed by atoms with E-state index >= 15 is 0 Å². The number of pyridine rings is 1. The molecule has 2 N–H and O–H groups in total. The standard InChI is InChI=1S/C20H20N6O3S/c1-20(11-10-14-7-3-2-4-8-14)17(28)26(18(29)21-20)24-16(27)13-30-19-23-22-15-9-5-6-12-25(15)19/h2-9,12H,10-11,13H2,1H3,(H,21,29)(H,24,27)/t20-/m0/s1. The topological polar surface area (TPSA) is 109 Å². The summed E-state index contributed by atoms with van der Waals surface area (Å²) in [4.78, 5) is 37.4. The fourth-order valence-electron chi connectivity index (χ4n) is 3.20. The summed E-state index contributed by atoms with van der Waals surface area (Å²) in [6.07, 6.45) is 2.85. The van der Waals surface area contributed by atoms with Gasteiger partial charge >= 0.3 is 6.03 Å². The predicted octanol–water partition coefficient (Wildman–Crippen LogP) is 1.80. The van der Waals surface area contributed by atoms with Gasteiger partial charge in [-0.3, -0.25) is 19.4 Å². The number of thioether (sulfide) groups is 1. The first kappa shape index (κ1) is 19.9. The number of benzene rings is 1. The molecule has 2 aromatic heterocycles. The summed E-state index contributed by atoms with van der Waals surface area (Å²) in [6, 6.07) is 14.6. The largest absolute Gasteiger partial charge is 0.344 e. The molecule has 1 atom stereocenters. The Morgan fingerprint density at radius 3 is 2.70 bits per heavy atom. The third kappa shape index (κ3) is 3.99. The lowest BCUT2D eigenvalue weighted by Gasteiger charge is -2.21. The van der Waals surface area contributed by atoms with Crippen LogP contribution in [0, 0.1) is 0 Å². The zero-order chi connectivity index (χ0) is 21.1. The van der Waals surface area contributed by atoms with Crippen molar-refractivity contribution in [2.24, 2.45) is 0 Å². The van der Waals surface area contributed by atoms with Crippen molar-refractivity contribution in [3.05, 3.63) is 60.3 Å². The zero-order valence-electron chi connectivity index (χ0n) is 16.2. The van der Waals surface area contributed by atoms with Gasteiger partial charge < -0.3 is 5.32 Å². The van der Waals surface area contributed by atoms with E-state index in [2.05, 4.69) is 20.9 Å². The minimum Gasteiger partial charge on any atom is -0.322 e. The maximum atomic E-state index is 12.8. The van der Waals surface area contributed by atoms with Crippen LogP contribution < -0.4 is 10.7 Å². The molecule has 0 spiro atoms. The van der Waals surface area contributed by atoms with Crippen LogP contribution in [0.5, 0.6) is 0 Å². The summed E-state index contributed by atoms with van der Waals surface area (Å²) in [5.41, 5.74) is 3.06. The number of rotatable bonds is 7. The molecule has 1 fully saturated rings. The van der Waals surface area contributed by atoms with Crippen LogP contribution >= 0.6 is 11.8 Å². The van der Waals surface area contributed by atoms with Gasteiger partial charge in [-0.05, 0) is 37.5 Å². The number of carbonyl (C=O) groups is 3. The van der Waals surface area contributed by atoms with Gasteiger partial charge in [-0.2, -0.15) is 5.01 Å². The molecule has 0 saturated carbocycles. The lowest BCUT2D eigenvalue weighted by molar-refractivity contribution is -0.138. The summed E-state index contributed by atoms with van der Waals surface area (Å²) in [7, 11) is 0. The minimum atomic E-state index is -1.07. The second-order valence-corrected chi connectivity index (χ2v) is 8.07. The number of aromatic nitrogens is 3. The molecule has 4 amide bonds. The molecule has 1 aromatic carbocycles. The highest BCUT2D eigenvalue weighted by Crippen LogP contribution is 2.22. The van der Waals surface area contributed by atoms with Crippen LogP contribution in [0.15, 0.2) is 59.9 Å². The first-order valence-corrected chi connectivity index (χ1v) is 10.4. The van der Waals surface area contributed by atoms with Gasteiger partial charge in [0.05, 0.1) is 5.75 Å². The van der Waals surface area contributed by atoms with E-state index in [9.17, 15) is 14.4 Å². The lowest BCUT2D eigenvalue weighted by atomic mass is 9.93. The Bertz CT molecular complexity index is 1100. The van der Waals surface area contributed by atoms with Gasteiger partial charge in [0.1, 0.15) is 5.54 Å². The van der Waals surface area contributed by atoms with Gasteiger partial charge in [-0.1, -0.05) is 48.2 Å². The van der Waals surface area contributed by atoms with Crippen molar-refractivity contribution in [3.63, 3.8) is 0 Å². The van der Waals surface area contributed by atoms with Crippen LogP contribution in [0.4, 0.5) is 4.79 Å². The summed E-state index contributed by atoms with van der Waals surface area (Å²) in [5, 5.41) is 12.1. The zero-order valence-corrected chi connectivity index (χ0v) is 17.1. The molecule has 154 valence electrons. The van der Waals surface area contributed by atoms with Crippen LogP contribution in [-0.4, -0.2) is 48.7 Å². The Morgan fingerprint density at radius 1 is 1.13 bits per heavy atom. The SMILES string of the molecule is C[C@@]1(CCc2ccccc2)NC(=O)N(NC(=O)CSc2nnc3ccccn23)C1=O. The first-order valence-electron chi connectivity index (χ1n) is 9.39. The number of fused-ring (bicyclic) bond motifs is 1. The molecule has 1 aliphatic heterocycles. The van der Waals surface area contributed by atoms with E-state index < -0.39 is 23.4 Å². The smallest absolute Gasteiger partial charge is 0.322 e. The fraction of sp³-hybridized carbons (Fsp3) is 0.250. The number of hydrogen-bond donors (Lipinski definition) is 2. The van der Waals surface area contributed by atoms with Crippen LogP contribution in [0.1, 0.15) is 18.9 Å². The minimum absolute atomic E-state index is 0.0204. The monoisotopic (exact) mass is 424 g/mol. The van der Waals surface area contributed by atoms with Gasteiger partial charge in [0, 0.05) is 6.20 Å². The Kier molecular flexibility index (Phi) is 5.40. The molecule has 30 heavy (non-hydrogen) atoms. The molecule has 0 bridgehead atoms. The van der Waals surface area contributed by atoms with Crippen molar-refractivity contribution in [1.29, 1.82) is 0 Å². The van der Waals surface area contributed by atoms with Gasteiger partial charge in [-0.25, -0.2) is 4.79 Å². The quantitative estimate of drug-likeness (QED) is 0.442. The van der Waals surface area contributed by atoms with E-state index in [4.69, 9.17) is 0 Å². The van der Waals surface area contributed by atoms with E-state index in [1.165, 1.54) is 11.8 Å². The van der Waals surface area contributed by atoms with Crippen molar-refractivity contribution < 1.29 is 14.4 Å². The number of hydrogen-bond acceptors (Lipinski definition) is 6. The van der Waals surface area contributed by atoms with E-state index in [-0.39, 0.29) is 5.75 Å². The van der Waals surface area contributed by atoms with E-state index in [1.54, 1.807) is 23.6 Å². The Hall–Kier alpha value is -3.40. The molecule has 3 heterocycles. The highest BCUT2D eigenvalue weighted by atomic mass is 32.2. The Morgan fingerprint density at radius 2 is 1.90 bits per heavy atom. The Balaban J connectivity index is 1.35. The van der Waals surface area contributed by atoms with Crippen molar-refractivity contribution >= 4 is 35.3 Å². The number of aryl methyl sites for hydroxylation is 1. The van der Waals surface area contributed by atoms with Crippen molar-refractivity contribution in [1.82, 2.24) is 30.3 Å².